The smallest absolute Gasteiger partial charge is 0.333 e. The van der Waals surface area contributed by atoms with E-state index < -0.39 is 12.5 Å². The fourth-order valence-electron chi connectivity index (χ4n) is 2.65. The summed E-state index contributed by atoms with van der Waals surface area (Å²) < 4.78 is 25.5. The molecule has 0 radical (unpaired) electrons. The molecular formula is C14H18F2N4O2. The van der Waals surface area contributed by atoms with Crippen LogP contribution in [0.4, 0.5) is 8.78 Å². The number of amides is 2. The second-order valence-corrected chi connectivity index (χ2v) is 5.83. The fraction of sp³-hybridized carbons (Fsp3) is 0.643. The molecule has 1 aromatic heterocycles. The van der Waals surface area contributed by atoms with E-state index in [0.29, 0.717) is 23.8 Å². The van der Waals surface area contributed by atoms with Crippen molar-refractivity contribution in [1.29, 1.82) is 0 Å². The van der Waals surface area contributed by atoms with Crippen molar-refractivity contribution < 1.29 is 18.4 Å². The molecule has 2 heterocycles. The number of likely N-dealkylation sites (tertiary alicyclic amines) is 1. The molecule has 1 aliphatic heterocycles. The van der Waals surface area contributed by atoms with Crippen LogP contribution in [0.5, 0.6) is 0 Å². The summed E-state index contributed by atoms with van der Waals surface area (Å²) in [6.45, 7) is -1.92. The minimum Gasteiger partial charge on any atom is -0.353 e. The molecule has 0 spiro atoms. The number of hydrogen-bond acceptors (Lipinski definition) is 3. The van der Waals surface area contributed by atoms with Crippen molar-refractivity contribution in [2.24, 2.45) is 5.92 Å². The van der Waals surface area contributed by atoms with Gasteiger partial charge in [0.2, 0.25) is 5.91 Å². The van der Waals surface area contributed by atoms with Crippen molar-refractivity contribution in [2.45, 2.75) is 38.3 Å². The Hall–Kier alpha value is -1.99. The summed E-state index contributed by atoms with van der Waals surface area (Å²) in [5.74, 6) is -0.642. The van der Waals surface area contributed by atoms with Crippen molar-refractivity contribution in [3.05, 3.63) is 18.0 Å². The first-order chi connectivity index (χ1) is 10.5. The molecule has 0 bridgehead atoms. The molecule has 1 atom stereocenters. The van der Waals surface area contributed by atoms with Gasteiger partial charge in [0.25, 0.3) is 5.91 Å². The van der Waals surface area contributed by atoms with Gasteiger partial charge in [-0.1, -0.05) is 0 Å². The highest BCUT2D eigenvalue weighted by Crippen LogP contribution is 2.23. The highest BCUT2D eigenvalue weighted by Gasteiger charge is 2.32. The molecule has 1 aliphatic carbocycles. The first-order valence-electron chi connectivity index (χ1n) is 7.47. The Kier molecular flexibility index (Phi) is 4.08. The van der Waals surface area contributed by atoms with Crippen LogP contribution in [0.25, 0.3) is 0 Å². The van der Waals surface area contributed by atoms with Crippen molar-refractivity contribution >= 4 is 11.8 Å². The molecule has 0 aromatic carbocycles. The molecule has 2 amide bonds. The molecule has 2 aliphatic rings. The molecule has 1 aromatic rings. The van der Waals surface area contributed by atoms with E-state index in [1.165, 1.54) is 11.0 Å². The Morgan fingerprint density at radius 1 is 1.32 bits per heavy atom. The van der Waals surface area contributed by atoms with Crippen LogP contribution in [0, 0.1) is 5.92 Å². The molecule has 1 unspecified atom stereocenters. The summed E-state index contributed by atoms with van der Waals surface area (Å²) in [5, 5.41) is 6.53. The molecule has 8 heteroatoms. The predicted molar refractivity (Wildman–Crippen MR) is 73.3 cm³/mol. The van der Waals surface area contributed by atoms with Gasteiger partial charge >= 0.3 is 6.55 Å². The summed E-state index contributed by atoms with van der Waals surface area (Å²) in [5.41, 5.74) is -0.0106. The maximum Gasteiger partial charge on any atom is 0.333 e. The van der Waals surface area contributed by atoms with Gasteiger partial charge in [0.15, 0.2) is 5.69 Å². The van der Waals surface area contributed by atoms with Crippen LogP contribution >= 0.6 is 0 Å². The molecule has 1 saturated heterocycles. The summed E-state index contributed by atoms with van der Waals surface area (Å²) in [4.78, 5) is 25.9. The summed E-state index contributed by atoms with van der Waals surface area (Å²) in [6.07, 6.45) is 4.59. The van der Waals surface area contributed by atoms with Crippen molar-refractivity contribution in [3.63, 3.8) is 0 Å². The SMILES string of the molecule is O=C(NC1CC1)C1CCCN(C(=O)c2ccn(C(F)F)n2)C1. The van der Waals surface area contributed by atoms with Gasteiger partial charge in [0.1, 0.15) is 0 Å². The van der Waals surface area contributed by atoms with Crippen LogP contribution in [0.15, 0.2) is 12.3 Å². The molecule has 3 rings (SSSR count). The van der Waals surface area contributed by atoms with Gasteiger partial charge in [0, 0.05) is 25.3 Å². The van der Waals surface area contributed by atoms with E-state index in [4.69, 9.17) is 0 Å². The first-order valence-corrected chi connectivity index (χ1v) is 7.47. The Bertz CT molecular complexity index is 571. The zero-order chi connectivity index (χ0) is 15.7. The van der Waals surface area contributed by atoms with Crippen LogP contribution in [-0.2, 0) is 4.79 Å². The van der Waals surface area contributed by atoms with Gasteiger partial charge in [-0.2, -0.15) is 13.9 Å². The molecular weight excluding hydrogens is 294 g/mol. The average Bonchev–Trinajstić information content (AvgIpc) is 3.18. The largest absolute Gasteiger partial charge is 0.353 e. The van der Waals surface area contributed by atoms with Crippen molar-refractivity contribution in [2.75, 3.05) is 13.1 Å². The Labute approximate surface area is 126 Å². The first kappa shape index (κ1) is 14.9. The van der Waals surface area contributed by atoms with E-state index in [-0.39, 0.29) is 17.5 Å². The lowest BCUT2D eigenvalue weighted by Crippen LogP contribution is -2.46. The maximum atomic E-state index is 12.5. The minimum atomic E-state index is -2.76. The summed E-state index contributed by atoms with van der Waals surface area (Å²) in [6, 6.07) is 1.57. The van der Waals surface area contributed by atoms with E-state index in [1.54, 1.807) is 0 Å². The van der Waals surface area contributed by atoms with E-state index in [9.17, 15) is 18.4 Å². The normalized spacial score (nSPS) is 22.0. The van der Waals surface area contributed by atoms with Crippen LogP contribution in [-0.4, -0.2) is 45.6 Å². The van der Waals surface area contributed by atoms with Crippen LogP contribution in [0.1, 0.15) is 42.7 Å². The van der Waals surface area contributed by atoms with Crippen LogP contribution < -0.4 is 5.32 Å². The van der Waals surface area contributed by atoms with Crippen molar-refractivity contribution in [3.8, 4) is 0 Å². The number of piperidine rings is 1. The van der Waals surface area contributed by atoms with Gasteiger partial charge < -0.3 is 10.2 Å². The predicted octanol–water partition coefficient (Wildman–Crippen LogP) is 1.41. The zero-order valence-electron chi connectivity index (χ0n) is 12.0. The highest BCUT2D eigenvalue weighted by molar-refractivity contribution is 5.92. The van der Waals surface area contributed by atoms with E-state index in [1.807, 2.05) is 0 Å². The quantitative estimate of drug-likeness (QED) is 0.914. The monoisotopic (exact) mass is 312 g/mol. The number of nitrogens with one attached hydrogen (secondary N) is 1. The number of halogens is 2. The van der Waals surface area contributed by atoms with Gasteiger partial charge in [-0.25, -0.2) is 4.68 Å². The molecule has 2 fully saturated rings. The molecule has 1 N–H and O–H groups in total. The standard InChI is InChI=1S/C14H18F2N4O2/c15-14(16)20-7-5-11(18-20)13(22)19-6-1-2-9(8-19)12(21)17-10-3-4-10/h5,7,9-10,14H,1-4,6,8H2,(H,17,21). The summed E-state index contributed by atoms with van der Waals surface area (Å²) >= 11 is 0. The number of alkyl halides is 2. The van der Waals surface area contributed by atoms with E-state index in [0.717, 1.165) is 31.9 Å². The van der Waals surface area contributed by atoms with Gasteiger partial charge in [0.05, 0.1) is 5.92 Å². The molecule has 6 nitrogen and oxygen atoms in total. The molecule has 120 valence electrons. The zero-order valence-corrected chi connectivity index (χ0v) is 12.0. The summed E-state index contributed by atoms with van der Waals surface area (Å²) in [7, 11) is 0. The van der Waals surface area contributed by atoms with Crippen LogP contribution in [0.2, 0.25) is 0 Å². The number of rotatable bonds is 4. The van der Waals surface area contributed by atoms with Gasteiger partial charge in [-0.3, -0.25) is 9.59 Å². The third kappa shape index (κ3) is 3.26. The number of carbonyl (C=O) groups excluding carboxylic acids is 2. The Morgan fingerprint density at radius 3 is 2.73 bits per heavy atom. The van der Waals surface area contributed by atoms with Gasteiger partial charge in [-0.15, -0.1) is 0 Å². The number of carbonyl (C=O) groups is 2. The Morgan fingerprint density at radius 2 is 2.09 bits per heavy atom. The lowest BCUT2D eigenvalue weighted by atomic mass is 9.97. The third-order valence-corrected chi connectivity index (χ3v) is 4.03. The third-order valence-electron chi connectivity index (χ3n) is 4.03. The van der Waals surface area contributed by atoms with Gasteiger partial charge in [-0.05, 0) is 31.7 Å². The lowest BCUT2D eigenvalue weighted by Gasteiger charge is -2.31. The van der Waals surface area contributed by atoms with E-state index >= 15 is 0 Å². The number of aromatic nitrogens is 2. The average molecular weight is 312 g/mol. The number of nitrogens with zero attached hydrogens (tertiary/aromatic N) is 3. The number of hydrogen-bond donors (Lipinski definition) is 1. The van der Waals surface area contributed by atoms with E-state index in [2.05, 4.69) is 10.4 Å². The van der Waals surface area contributed by atoms with Crippen molar-refractivity contribution in [1.82, 2.24) is 20.0 Å². The second kappa shape index (κ2) is 6.02. The minimum absolute atomic E-state index is 0.0106. The molecule has 22 heavy (non-hydrogen) atoms. The lowest BCUT2D eigenvalue weighted by molar-refractivity contribution is -0.126. The highest BCUT2D eigenvalue weighted by atomic mass is 19.3. The van der Waals surface area contributed by atoms with Crippen LogP contribution in [0.3, 0.4) is 0 Å². The maximum absolute atomic E-state index is 12.5. The topological polar surface area (TPSA) is 67.2 Å². The Balaban J connectivity index is 1.62. The molecule has 1 saturated carbocycles. The fourth-order valence-corrected chi connectivity index (χ4v) is 2.65. The second-order valence-electron chi connectivity index (χ2n) is 5.83.